The number of carbonyl (C=O) groups excluding carboxylic acids is 1. The van der Waals surface area contributed by atoms with Crippen molar-refractivity contribution >= 4 is 28.6 Å². The normalized spacial score (nSPS) is 10.7. The molecule has 2 aromatic rings. The van der Waals surface area contributed by atoms with Crippen molar-refractivity contribution in [3.63, 3.8) is 0 Å². The lowest BCUT2D eigenvalue weighted by Crippen LogP contribution is -2.10. The molecular weight excluding hydrogens is 272 g/mol. The summed E-state index contributed by atoms with van der Waals surface area (Å²) in [5.74, 6) is 0.0819. The second kappa shape index (κ2) is 7.26. The van der Waals surface area contributed by atoms with Crippen molar-refractivity contribution in [3.05, 3.63) is 35.9 Å². The third-order valence-corrected chi connectivity index (χ3v) is 3.77. The van der Waals surface area contributed by atoms with Crippen LogP contribution < -0.4 is 5.32 Å². The maximum Gasteiger partial charge on any atom is 0.316 e. The predicted molar refractivity (Wildman–Crippen MR) is 81.9 cm³/mol. The molecule has 0 saturated heterocycles. The molecule has 0 radical (unpaired) electrons. The van der Waals surface area contributed by atoms with E-state index in [0.717, 1.165) is 28.0 Å². The number of thioether (sulfide) groups is 1. The van der Waals surface area contributed by atoms with Gasteiger partial charge in [-0.3, -0.25) is 4.79 Å². The Morgan fingerprint density at radius 2 is 2.20 bits per heavy atom. The lowest BCUT2D eigenvalue weighted by atomic mass is 10.1. The number of nitrogens with one attached hydrogen (secondary N) is 1. The van der Waals surface area contributed by atoms with E-state index in [4.69, 9.17) is 4.74 Å². The van der Waals surface area contributed by atoms with Crippen LogP contribution in [0.15, 0.2) is 35.4 Å². The van der Waals surface area contributed by atoms with Gasteiger partial charge in [-0.05, 0) is 31.7 Å². The van der Waals surface area contributed by atoms with E-state index in [1.807, 2.05) is 38.2 Å². The largest absolute Gasteiger partial charge is 0.465 e. The molecule has 0 atom stereocenters. The number of rotatable bonds is 6. The summed E-state index contributed by atoms with van der Waals surface area (Å²) in [7, 11) is 1.90. The van der Waals surface area contributed by atoms with Crippen molar-refractivity contribution in [1.29, 1.82) is 0 Å². The van der Waals surface area contributed by atoms with E-state index in [9.17, 15) is 4.79 Å². The number of benzene rings is 1. The van der Waals surface area contributed by atoms with Gasteiger partial charge in [0.15, 0.2) is 0 Å². The fraction of sp³-hybridized carbons (Fsp3) is 0.333. The van der Waals surface area contributed by atoms with Gasteiger partial charge in [0.2, 0.25) is 0 Å². The molecule has 1 heterocycles. The zero-order valence-electron chi connectivity index (χ0n) is 11.7. The van der Waals surface area contributed by atoms with Crippen molar-refractivity contribution in [1.82, 2.24) is 10.3 Å². The van der Waals surface area contributed by atoms with Crippen LogP contribution in [0.4, 0.5) is 0 Å². The Hall–Kier alpha value is -1.59. The van der Waals surface area contributed by atoms with Crippen LogP contribution in [0, 0.1) is 0 Å². The Morgan fingerprint density at radius 1 is 1.40 bits per heavy atom. The summed E-state index contributed by atoms with van der Waals surface area (Å²) >= 11 is 1.42. The number of para-hydroxylation sites is 1. The smallest absolute Gasteiger partial charge is 0.316 e. The maximum atomic E-state index is 11.5. The van der Waals surface area contributed by atoms with Crippen LogP contribution in [0.3, 0.4) is 0 Å². The number of carbonyl (C=O) groups is 1. The summed E-state index contributed by atoms with van der Waals surface area (Å²) in [6.07, 6.45) is 0. The number of nitrogens with zero attached hydrogens (tertiary/aromatic N) is 1. The standard InChI is InChI=1S/C15H18N2O2S/c1-3-19-14(18)10-20-15-12(9-16-2)8-11-6-4-5-7-13(11)17-15/h4-8,16H,3,9-10H2,1-2H3. The first-order valence-corrected chi connectivity index (χ1v) is 7.55. The minimum Gasteiger partial charge on any atom is -0.465 e. The first-order valence-electron chi connectivity index (χ1n) is 6.56. The highest BCUT2D eigenvalue weighted by Gasteiger charge is 2.10. The molecule has 106 valence electrons. The predicted octanol–water partition coefficient (Wildman–Crippen LogP) is 2.61. The van der Waals surface area contributed by atoms with Crippen molar-refractivity contribution in [2.75, 3.05) is 19.4 Å². The van der Waals surface area contributed by atoms with E-state index in [2.05, 4.69) is 16.4 Å². The summed E-state index contributed by atoms with van der Waals surface area (Å²) in [6, 6.07) is 10.1. The van der Waals surface area contributed by atoms with E-state index < -0.39 is 0 Å². The van der Waals surface area contributed by atoms with E-state index in [1.54, 1.807) is 0 Å². The highest BCUT2D eigenvalue weighted by Crippen LogP contribution is 2.25. The molecule has 0 saturated carbocycles. The number of ether oxygens (including phenoxy) is 1. The van der Waals surface area contributed by atoms with E-state index in [-0.39, 0.29) is 11.7 Å². The Bertz CT molecular complexity index is 601. The third kappa shape index (κ3) is 3.71. The fourth-order valence-electron chi connectivity index (χ4n) is 1.91. The van der Waals surface area contributed by atoms with Gasteiger partial charge < -0.3 is 10.1 Å². The number of hydrogen-bond donors (Lipinski definition) is 1. The number of fused-ring (bicyclic) bond motifs is 1. The van der Waals surface area contributed by atoms with Crippen molar-refractivity contribution < 1.29 is 9.53 Å². The molecule has 1 N–H and O–H groups in total. The van der Waals surface area contributed by atoms with Gasteiger partial charge in [0.05, 0.1) is 17.9 Å². The molecule has 2 rings (SSSR count). The lowest BCUT2D eigenvalue weighted by Gasteiger charge is -2.09. The monoisotopic (exact) mass is 290 g/mol. The minimum absolute atomic E-state index is 0.206. The number of hydrogen-bond acceptors (Lipinski definition) is 5. The average Bonchev–Trinajstić information content (AvgIpc) is 2.45. The minimum atomic E-state index is -0.206. The van der Waals surface area contributed by atoms with Crippen LogP contribution in [0.5, 0.6) is 0 Å². The molecule has 0 bridgehead atoms. The van der Waals surface area contributed by atoms with Crippen molar-refractivity contribution in [3.8, 4) is 0 Å². The number of aromatic nitrogens is 1. The molecule has 0 spiro atoms. The van der Waals surface area contributed by atoms with Gasteiger partial charge in [-0.15, -0.1) is 0 Å². The molecule has 1 aromatic heterocycles. The quantitative estimate of drug-likeness (QED) is 0.654. The van der Waals surface area contributed by atoms with Crippen LogP contribution in [-0.2, 0) is 16.1 Å². The molecule has 0 aliphatic carbocycles. The third-order valence-electron chi connectivity index (χ3n) is 2.76. The van der Waals surface area contributed by atoms with Gasteiger partial charge in [0.1, 0.15) is 5.03 Å². The SMILES string of the molecule is CCOC(=O)CSc1nc2ccccc2cc1CNC. The maximum absolute atomic E-state index is 11.5. The van der Waals surface area contributed by atoms with Crippen LogP contribution in [0.1, 0.15) is 12.5 Å². The topological polar surface area (TPSA) is 51.2 Å². The van der Waals surface area contributed by atoms with E-state index in [1.165, 1.54) is 11.8 Å². The second-order valence-corrected chi connectivity index (χ2v) is 5.23. The molecule has 0 fully saturated rings. The second-order valence-electron chi connectivity index (χ2n) is 4.27. The lowest BCUT2D eigenvalue weighted by molar-refractivity contribution is -0.139. The molecule has 0 aliphatic heterocycles. The van der Waals surface area contributed by atoms with Crippen LogP contribution in [0.2, 0.25) is 0 Å². The number of pyridine rings is 1. The van der Waals surface area contributed by atoms with Gasteiger partial charge >= 0.3 is 5.97 Å². The first-order chi connectivity index (χ1) is 9.74. The molecule has 0 unspecified atom stereocenters. The zero-order valence-corrected chi connectivity index (χ0v) is 12.5. The Kier molecular flexibility index (Phi) is 5.38. The summed E-state index contributed by atoms with van der Waals surface area (Å²) in [5, 5.41) is 5.12. The molecule has 4 nitrogen and oxygen atoms in total. The van der Waals surface area contributed by atoms with Crippen LogP contribution in [0.25, 0.3) is 10.9 Å². The van der Waals surface area contributed by atoms with Gasteiger partial charge in [0.25, 0.3) is 0 Å². The molecule has 0 aliphatic rings. The molecular formula is C15H18N2O2S. The van der Waals surface area contributed by atoms with Gasteiger partial charge in [-0.25, -0.2) is 4.98 Å². The van der Waals surface area contributed by atoms with Crippen molar-refractivity contribution in [2.45, 2.75) is 18.5 Å². The summed E-state index contributed by atoms with van der Waals surface area (Å²) in [6.45, 7) is 2.94. The molecule has 5 heteroatoms. The summed E-state index contributed by atoms with van der Waals surface area (Å²) in [4.78, 5) is 16.1. The van der Waals surface area contributed by atoms with Gasteiger partial charge in [-0.1, -0.05) is 30.0 Å². The average molecular weight is 290 g/mol. The Morgan fingerprint density at radius 3 is 2.95 bits per heavy atom. The zero-order chi connectivity index (χ0) is 14.4. The molecule has 1 aromatic carbocycles. The Balaban J connectivity index is 2.24. The fourth-order valence-corrected chi connectivity index (χ4v) is 2.73. The number of esters is 1. The van der Waals surface area contributed by atoms with E-state index in [0.29, 0.717) is 6.61 Å². The summed E-state index contributed by atoms with van der Waals surface area (Å²) < 4.78 is 4.95. The molecule has 20 heavy (non-hydrogen) atoms. The van der Waals surface area contributed by atoms with Crippen molar-refractivity contribution in [2.24, 2.45) is 0 Å². The highest BCUT2D eigenvalue weighted by molar-refractivity contribution is 7.99. The summed E-state index contributed by atoms with van der Waals surface area (Å²) in [5.41, 5.74) is 2.04. The van der Waals surface area contributed by atoms with Gasteiger partial charge in [-0.2, -0.15) is 0 Å². The van der Waals surface area contributed by atoms with Gasteiger partial charge in [0, 0.05) is 11.9 Å². The first kappa shape index (κ1) is 14.8. The molecule has 0 amide bonds. The van der Waals surface area contributed by atoms with E-state index >= 15 is 0 Å². The highest BCUT2D eigenvalue weighted by atomic mass is 32.2. The Labute approximate surface area is 122 Å². The van der Waals surface area contributed by atoms with Crippen LogP contribution in [-0.4, -0.2) is 30.4 Å². The van der Waals surface area contributed by atoms with Crippen LogP contribution >= 0.6 is 11.8 Å².